The number of carbonyl (C=O) groups excluding carboxylic acids is 2. The second-order valence-electron chi connectivity index (χ2n) is 9.01. The Kier molecular flexibility index (Phi) is 3.37. The molecule has 7 atom stereocenters. The molecule has 0 bridgehead atoms. The van der Waals surface area contributed by atoms with Crippen molar-refractivity contribution < 1.29 is 14.7 Å². The molecule has 4 fully saturated rings. The van der Waals surface area contributed by atoms with Crippen LogP contribution in [0.25, 0.3) is 0 Å². The molecule has 0 unspecified atom stereocenters. The fraction of sp³-hybridized carbons (Fsp3) is 0.895. The van der Waals surface area contributed by atoms with Gasteiger partial charge >= 0.3 is 0 Å². The van der Waals surface area contributed by atoms with Crippen molar-refractivity contribution >= 4 is 23.2 Å². The molecule has 1 N–H and O–H groups in total. The topological polar surface area (TPSA) is 54.4 Å². The van der Waals surface area contributed by atoms with Gasteiger partial charge in [0.15, 0.2) is 0 Å². The molecule has 0 saturated heterocycles. The Morgan fingerprint density at radius 1 is 1.09 bits per heavy atom. The van der Waals surface area contributed by atoms with Crippen molar-refractivity contribution in [3.8, 4) is 0 Å². The van der Waals surface area contributed by atoms with E-state index in [1.54, 1.807) is 0 Å². The summed E-state index contributed by atoms with van der Waals surface area (Å²) in [6.07, 6.45) is 5.33. The third-order valence-corrected chi connectivity index (χ3v) is 9.23. The van der Waals surface area contributed by atoms with Gasteiger partial charge in [0.25, 0.3) is 0 Å². The minimum absolute atomic E-state index is 0.193. The van der Waals surface area contributed by atoms with Crippen LogP contribution in [-0.4, -0.2) is 27.7 Å². The molecule has 4 aliphatic carbocycles. The van der Waals surface area contributed by atoms with Crippen LogP contribution >= 0.6 is 11.6 Å². The summed E-state index contributed by atoms with van der Waals surface area (Å²) in [5, 5.41) is 11.1. The molecular formula is C19H27ClO3. The Hall–Kier alpha value is -0.410. The lowest BCUT2D eigenvalue weighted by molar-refractivity contribution is -0.160. The molecule has 4 saturated carbocycles. The van der Waals surface area contributed by atoms with Crippen molar-refractivity contribution in [2.75, 3.05) is 0 Å². The van der Waals surface area contributed by atoms with Crippen molar-refractivity contribution in [3.05, 3.63) is 0 Å². The number of rotatable bonds is 0. The van der Waals surface area contributed by atoms with Crippen LogP contribution < -0.4 is 0 Å². The number of fused-ring (bicyclic) bond motifs is 5. The first-order valence-electron chi connectivity index (χ1n) is 9.15. The van der Waals surface area contributed by atoms with Gasteiger partial charge in [0.05, 0.1) is 11.0 Å². The van der Waals surface area contributed by atoms with E-state index in [1.807, 2.05) is 6.92 Å². The number of Topliss-reactive ketones (excluding diaryl/α,β-unsaturated/α-hetero) is 2. The zero-order valence-electron chi connectivity index (χ0n) is 14.1. The average Bonchev–Trinajstić information content (AvgIpc) is 2.77. The third-order valence-electron chi connectivity index (χ3n) is 8.27. The molecule has 0 amide bonds. The number of aliphatic hydroxyl groups excluding tert-OH is 1. The average molecular weight is 339 g/mol. The van der Waals surface area contributed by atoms with Gasteiger partial charge in [0.2, 0.25) is 0 Å². The Morgan fingerprint density at radius 3 is 2.57 bits per heavy atom. The first-order valence-corrected chi connectivity index (χ1v) is 9.53. The number of carbonyl (C=O) groups is 2. The van der Waals surface area contributed by atoms with Crippen molar-refractivity contribution in [3.63, 3.8) is 0 Å². The molecule has 0 spiro atoms. The summed E-state index contributed by atoms with van der Waals surface area (Å²) in [6.45, 7) is 4.25. The standard InChI is InChI=1S/C19H27ClO3/c1-17-10-16(23)19(20)14(13(17)5-6-15(17)22)4-3-11-9-12(21)7-8-18(11,19)2/h11,13-14,16,23H,3-10H2,1-2H3/t11-,13-,14-,16-,17-,18-,19-/m0/s1. The minimum atomic E-state index is -0.675. The molecule has 128 valence electrons. The van der Waals surface area contributed by atoms with Crippen LogP contribution in [0, 0.1) is 28.6 Å². The van der Waals surface area contributed by atoms with Crippen LogP contribution in [0.3, 0.4) is 0 Å². The Morgan fingerprint density at radius 2 is 1.83 bits per heavy atom. The van der Waals surface area contributed by atoms with Gasteiger partial charge in [0, 0.05) is 24.7 Å². The molecule has 23 heavy (non-hydrogen) atoms. The van der Waals surface area contributed by atoms with Crippen molar-refractivity contribution in [2.24, 2.45) is 28.6 Å². The maximum atomic E-state index is 12.5. The fourth-order valence-electron chi connectivity index (χ4n) is 6.82. The van der Waals surface area contributed by atoms with Gasteiger partial charge in [-0.3, -0.25) is 9.59 Å². The molecule has 0 aromatic rings. The van der Waals surface area contributed by atoms with E-state index in [2.05, 4.69) is 6.92 Å². The lowest BCUT2D eigenvalue weighted by atomic mass is 9.44. The van der Waals surface area contributed by atoms with Crippen LogP contribution in [0.4, 0.5) is 0 Å². The highest BCUT2D eigenvalue weighted by molar-refractivity contribution is 6.25. The number of hydrogen-bond acceptors (Lipinski definition) is 3. The van der Waals surface area contributed by atoms with Crippen molar-refractivity contribution in [2.45, 2.75) is 76.2 Å². The lowest BCUT2D eigenvalue weighted by Crippen LogP contribution is -2.68. The van der Waals surface area contributed by atoms with Gasteiger partial charge in [-0.25, -0.2) is 0 Å². The molecule has 0 heterocycles. The number of aliphatic hydroxyl groups is 1. The maximum Gasteiger partial charge on any atom is 0.139 e. The summed E-state index contributed by atoms with van der Waals surface area (Å²) in [5.41, 5.74) is -0.589. The first kappa shape index (κ1) is 16.1. The van der Waals surface area contributed by atoms with Crippen molar-refractivity contribution in [1.82, 2.24) is 0 Å². The van der Waals surface area contributed by atoms with Crippen LogP contribution in [0.1, 0.15) is 65.2 Å². The van der Waals surface area contributed by atoms with E-state index in [4.69, 9.17) is 11.6 Å². The summed E-state index contributed by atoms with van der Waals surface area (Å²) in [5.74, 6) is 1.43. The smallest absolute Gasteiger partial charge is 0.139 e. The highest BCUT2D eigenvalue weighted by Crippen LogP contribution is 2.69. The van der Waals surface area contributed by atoms with Gasteiger partial charge in [-0.05, 0) is 55.3 Å². The summed E-state index contributed by atoms with van der Waals surface area (Å²) in [4.78, 5) is 23.7. The second kappa shape index (κ2) is 4.82. The van der Waals surface area contributed by atoms with E-state index in [0.29, 0.717) is 43.2 Å². The first-order chi connectivity index (χ1) is 10.7. The molecule has 0 aliphatic heterocycles. The van der Waals surface area contributed by atoms with Gasteiger partial charge in [-0.2, -0.15) is 0 Å². The van der Waals surface area contributed by atoms with E-state index in [-0.39, 0.29) is 17.3 Å². The fourth-order valence-corrected chi connectivity index (χ4v) is 7.41. The van der Waals surface area contributed by atoms with Crippen molar-refractivity contribution in [1.29, 1.82) is 0 Å². The monoisotopic (exact) mass is 338 g/mol. The number of ketones is 2. The van der Waals surface area contributed by atoms with Crippen LogP contribution in [0.2, 0.25) is 0 Å². The minimum Gasteiger partial charge on any atom is -0.391 e. The highest BCUT2D eigenvalue weighted by Gasteiger charge is 2.70. The van der Waals surface area contributed by atoms with E-state index < -0.39 is 16.4 Å². The largest absolute Gasteiger partial charge is 0.391 e. The highest BCUT2D eigenvalue weighted by atomic mass is 35.5. The van der Waals surface area contributed by atoms with E-state index >= 15 is 0 Å². The number of halogens is 1. The van der Waals surface area contributed by atoms with Gasteiger partial charge in [-0.15, -0.1) is 11.6 Å². The predicted octanol–water partition coefficient (Wildman–Crippen LogP) is 3.50. The lowest BCUT2D eigenvalue weighted by Gasteiger charge is -2.65. The van der Waals surface area contributed by atoms with E-state index in [9.17, 15) is 14.7 Å². The summed E-state index contributed by atoms with van der Waals surface area (Å²) < 4.78 is 0. The van der Waals surface area contributed by atoms with Gasteiger partial charge < -0.3 is 5.11 Å². The van der Waals surface area contributed by atoms with Crippen LogP contribution in [0.15, 0.2) is 0 Å². The zero-order chi connectivity index (χ0) is 16.6. The van der Waals surface area contributed by atoms with Gasteiger partial charge in [-0.1, -0.05) is 13.8 Å². The molecule has 3 nitrogen and oxygen atoms in total. The number of alkyl halides is 1. The van der Waals surface area contributed by atoms with Crippen LogP contribution in [0.5, 0.6) is 0 Å². The molecule has 0 radical (unpaired) electrons. The molecule has 4 aliphatic rings. The molecule has 0 aromatic carbocycles. The molecule has 4 heteroatoms. The van der Waals surface area contributed by atoms with Crippen LogP contribution in [-0.2, 0) is 9.59 Å². The molecular weight excluding hydrogens is 312 g/mol. The Labute approximate surface area is 143 Å². The van der Waals surface area contributed by atoms with Gasteiger partial charge in [0.1, 0.15) is 11.6 Å². The Balaban J connectivity index is 1.78. The molecule has 0 aromatic heterocycles. The Bertz CT molecular complexity index is 575. The second-order valence-corrected chi connectivity index (χ2v) is 9.64. The SMILES string of the molecule is C[C@]12CCC(=O)C[C@@H]1CC[C@H]1[C@@H]3CCC(=O)[C@@]3(C)C[C@H](O)[C@@]12Cl. The quantitative estimate of drug-likeness (QED) is 0.688. The summed E-state index contributed by atoms with van der Waals surface area (Å²) >= 11 is 7.29. The maximum absolute atomic E-state index is 12.5. The summed E-state index contributed by atoms with van der Waals surface area (Å²) in [6, 6.07) is 0. The zero-order valence-corrected chi connectivity index (χ0v) is 14.9. The van der Waals surface area contributed by atoms with E-state index in [1.165, 1.54) is 0 Å². The summed E-state index contributed by atoms with van der Waals surface area (Å²) in [7, 11) is 0. The molecule has 4 rings (SSSR count). The number of hydrogen-bond donors (Lipinski definition) is 1. The predicted molar refractivity (Wildman–Crippen MR) is 88.2 cm³/mol. The van der Waals surface area contributed by atoms with E-state index in [0.717, 1.165) is 25.7 Å². The third kappa shape index (κ3) is 1.81. The normalized spacial score (nSPS) is 56.0.